The summed E-state index contributed by atoms with van der Waals surface area (Å²) in [4.78, 5) is 26.4. The second-order valence-electron chi connectivity index (χ2n) is 5.29. The molecule has 1 aromatic carbocycles. The highest BCUT2D eigenvalue weighted by Gasteiger charge is 2.10. The molecule has 2 aromatic heterocycles. The van der Waals surface area contributed by atoms with Crippen molar-refractivity contribution in [3.8, 4) is 5.75 Å². The molecule has 0 amide bonds. The number of carbonyl (C=O) groups excluding carboxylic acids is 1. The third kappa shape index (κ3) is 3.34. The summed E-state index contributed by atoms with van der Waals surface area (Å²) in [5.74, 6) is 0.352. The molecule has 1 N–H and O–H groups in total. The third-order valence-corrected chi connectivity index (χ3v) is 3.59. The van der Waals surface area contributed by atoms with Crippen molar-refractivity contribution in [3.05, 3.63) is 64.3 Å². The van der Waals surface area contributed by atoms with E-state index in [1.54, 1.807) is 30.5 Å². The van der Waals surface area contributed by atoms with Crippen LogP contribution in [0.5, 0.6) is 5.75 Å². The van der Waals surface area contributed by atoms with E-state index in [2.05, 4.69) is 11.9 Å². The maximum absolute atomic E-state index is 11.9. The van der Waals surface area contributed by atoms with E-state index >= 15 is 0 Å². The Kier molecular flexibility index (Phi) is 4.28. The molecule has 0 aliphatic carbocycles. The minimum atomic E-state index is -0.374. The fraction of sp³-hybridized carbons (Fsp3) is 0.222. The second kappa shape index (κ2) is 6.52. The summed E-state index contributed by atoms with van der Waals surface area (Å²) < 4.78 is 10.7. The highest BCUT2D eigenvalue weighted by molar-refractivity contribution is 5.95. The van der Waals surface area contributed by atoms with Crippen molar-refractivity contribution in [2.24, 2.45) is 0 Å². The van der Waals surface area contributed by atoms with Gasteiger partial charge in [-0.1, -0.05) is 13.3 Å². The average Bonchev–Trinajstić information content (AvgIpc) is 3.07. The van der Waals surface area contributed by atoms with Crippen LogP contribution in [-0.4, -0.2) is 17.4 Å². The summed E-state index contributed by atoms with van der Waals surface area (Å²) in [7, 11) is 0. The molecule has 0 bridgehead atoms. The predicted octanol–water partition coefficient (Wildman–Crippen LogP) is 3.34. The van der Waals surface area contributed by atoms with E-state index < -0.39 is 0 Å². The number of nitrogens with one attached hydrogen (secondary N) is 1. The molecule has 0 fully saturated rings. The molecule has 5 nitrogen and oxygen atoms in total. The smallest absolute Gasteiger partial charge is 0.336 e. The van der Waals surface area contributed by atoms with Crippen molar-refractivity contribution in [1.29, 1.82) is 0 Å². The first-order valence-corrected chi connectivity index (χ1v) is 7.53. The van der Waals surface area contributed by atoms with Crippen LogP contribution in [0.3, 0.4) is 0 Å². The number of H-pyrrole nitrogens is 1. The number of benzene rings is 1. The van der Waals surface area contributed by atoms with Gasteiger partial charge in [-0.25, -0.2) is 4.79 Å². The predicted molar refractivity (Wildman–Crippen MR) is 87.1 cm³/mol. The number of fused-ring (bicyclic) bond motifs is 1. The zero-order valence-electron chi connectivity index (χ0n) is 12.8. The van der Waals surface area contributed by atoms with Crippen LogP contribution < -0.4 is 10.4 Å². The van der Waals surface area contributed by atoms with Gasteiger partial charge in [-0.2, -0.15) is 0 Å². The number of aromatic nitrogens is 1. The van der Waals surface area contributed by atoms with E-state index in [0.29, 0.717) is 17.0 Å². The zero-order chi connectivity index (χ0) is 16.2. The summed E-state index contributed by atoms with van der Waals surface area (Å²) >= 11 is 0. The largest absolute Gasteiger partial charge is 0.485 e. The van der Waals surface area contributed by atoms with E-state index in [9.17, 15) is 9.59 Å². The minimum Gasteiger partial charge on any atom is -0.485 e. The number of ether oxygens (including phenoxy) is 1. The van der Waals surface area contributed by atoms with Gasteiger partial charge >= 0.3 is 5.63 Å². The normalized spacial score (nSPS) is 10.8. The molecule has 0 saturated heterocycles. The van der Waals surface area contributed by atoms with Crippen LogP contribution in [0.15, 0.2) is 51.8 Å². The van der Waals surface area contributed by atoms with Gasteiger partial charge < -0.3 is 14.1 Å². The molecule has 0 aliphatic heterocycles. The van der Waals surface area contributed by atoms with Gasteiger partial charge in [0, 0.05) is 23.7 Å². The Bertz CT molecular complexity index is 878. The van der Waals surface area contributed by atoms with E-state index in [1.807, 2.05) is 6.07 Å². The lowest BCUT2D eigenvalue weighted by molar-refractivity contribution is 0.0917. The van der Waals surface area contributed by atoms with E-state index in [1.165, 1.54) is 6.07 Å². The highest BCUT2D eigenvalue weighted by Crippen LogP contribution is 2.23. The summed E-state index contributed by atoms with van der Waals surface area (Å²) in [6, 6.07) is 10.3. The molecule has 3 rings (SSSR count). The molecule has 3 aromatic rings. The van der Waals surface area contributed by atoms with Gasteiger partial charge in [-0.05, 0) is 36.2 Å². The second-order valence-corrected chi connectivity index (χ2v) is 5.29. The Morgan fingerprint density at radius 1 is 1.26 bits per heavy atom. The molecular formula is C18H17NO4. The molecule has 0 atom stereocenters. The summed E-state index contributed by atoms with van der Waals surface area (Å²) in [6.45, 7) is 1.98. The van der Waals surface area contributed by atoms with Gasteiger partial charge in [0.25, 0.3) is 0 Å². The maximum atomic E-state index is 11.9. The molecule has 0 unspecified atom stereocenters. The Hall–Kier alpha value is -2.82. The van der Waals surface area contributed by atoms with Crippen molar-refractivity contribution in [2.75, 3.05) is 6.61 Å². The summed E-state index contributed by atoms with van der Waals surface area (Å²) in [6.07, 6.45) is 3.45. The minimum absolute atomic E-state index is 0.0785. The van der Waals surface area contributed by atoms with Crippen LogP contribution in [0.4, 0.5) is 0 Å². The number of hydrogen-bond acceptors (Lipinski definition) is 4. The van der Waals surface area contributed by atoms with Crippen molar-refractivity contribution in [1.82, 2.24) is 4.98 Å². The molecule has 5 heteroatoms. The standard InChI is InChI=1S/C18H17NO4/c1-2-4-12-9-18(21)23-17-10-13(6-7-14(12)17)22-11-16(20)15-5-3-8-19-15/h3,5-10,19H,2,4,11H2,1H3. The van der Waals surface area contributed by atoms with Crippen LogP contribution in [0.25, 0.3) is 11.0 Å². The Balaban J connectivity index is 1.82. The molecule has 0 saturated carbocycles. The van der Waals surface area contributed by atoms with Crippen molar-refractivity contribution in [3.63, 3.8) is 0 Å². The molecular weight excluding hydrogens is 294 g/mol. The number of aromatic amines is 1. The molecule has 0 spiro atoms. The molecule has 118 valence electrons. The lowest BCUT2D eigenvalue weighted by Crippen LogP contribution is -2.11. The molecule has 0 aliphatic rings. The van der Waals surface area contributed by atoms with Gasteiger partial charge in [0.2, 0.25) is 5.78 Å². The monoisotopic (exact) mass is 311 g/mol. The van der Waals surface area contributed by atoms with Gasteiger partial charge in [0.1, 0.15) is 11.3 Å². The molecule has 23 heavy (non-hydrogen) atoms. The third-order valence-electron chi connectivity index (χ3n) is 3.59. The Morgan fingerprint density at radius 2 is 2.13 bits per heavy atom. The van der Waals surface area contributed by atoms with Gasteiger partial charge in [-0.15, -0.1) is 0 Å². The van der Waals surface area contributed by atoms with Crippen LogP contribution >= 0.6 is 0 Å². The fourth-order valence-electron chi connectivity index (χ4n) is 2.51. The molecule has 0 radical (unpaired) electrons. The SMILES string of the molecule is CCCc1cc(=O)oc2cc(OCC(=O)c3ccc[nH]3)ccc12. The lowest BCUT2D eigenvalue weighted by Gasteiger charge is -2.08. The number of aryl methyl sites for hydroxylation is 1. The number of rotatable bonds is 6. The van der Waals surface area contributed by atoms with Crippen molar-refractivity contribution in [2.45, 2.75) is 19.8 Å². The number of hydrogen-bond donors (Lipinski definition) is 1. The quantitative estimate of drug-likeness (QED) is 0.560. The topological polar surface area (TPSA) is 72.3 Å². The first kappa shape index (κ1) is 15.1. The summed E-state index contributed by atoms with van der Waals surface area (Å²) in [5, 5.41) is 0.898. The van der Waals surface area contributed by atoms with Crippen molar-refractivity contribution >= 4 is 16.8 Å². The van der Waals surface area contributed by atoms with Crippen LogP contribution in [0, 0.1) is 0 Å². The molecule has 2 heterocycles. The average molecular weight is 311 g/mol. The van der Waals surface area contributed by atoms with Crippen molar-refractivity contribution < 1.29 is 13.9 Å². The van der Waals surface area contributed by atoms with E-state index in [-0.39, 0.29) is 18.0 Å². The zero-order valence-corrected chi connectivity index (χ0v) is 12.8. The number of ketones is 1. The Labute approximate surface area is 132 Å². The van der Waals surface area contributed by atoms with Crippen LogP contribution in [0.2, 0.25) is 0 Å². The van der Waals surface area contributed by atoms with Crippen LogP contribution in [0.1, 0.15) is 29.4 Å². The maximum Gasteiger partial charge on any atom is 0.336 e. The van der Waals surface area contributed by atoms with E-state index in [0.717, 1.165) is 23.8 Å². The van der Waals surface area contributed by atoms with Gasteiger partial charge in [0.05, 0.1) is 5.69 Å². The first-order valence-electron chi connectivity index (χ1n) is 7.53. The van der Waals surface area contributed by atoms with Crippen LogP contribution in [-0.2, 0) is 6.42 Å². The Morgan fingerprint density at radius 3 is 2.87 bits per heavy atom. The lowest BCUT2D eigenvalue weighted by atomic mass is 10.1. The van der Waals surface area contributed by atoms with Gasteiger partial charge in [0.15, 0.2) is 6.61 Å². The first-order chi connectivity index (χ1) is 11.2. The van der Waals surface area contributed by atoms with E-state index in [4.69, 9.17) is 9.15 Å². The number of Topliss-reactive ketones (excluding diaryl/α,β-unsaturated/α-hetero) is 1. The number of carbonyl (C=O) groups is 1. The fourth-order valence-corrected chi connectivity index (χ4v) is 2.51. The highest BCUT2D eigenvalue weighted by atomic mass is 16.5. The van der Waals surface area contributed by atoms with Gasteiger partial charge in [-0.3, -0.25) is 4.79 Å². The summed E-state index contributed by atoms with van der Waals surface area (Å²) in [5.41, 5.74) is 1.57.